The van der Waals surface area contributed by atoms with Crippen molar-refractivity contribution in [2.24, 2.45) is 0 Å². The van der Waals surface area contributed by atoms with Gasteiger partial charge in [0.2, 0.25) is 0 Å². The molecule has 0 saturated heterocycles. The van der Waals surface area contributed by atoms with Crippen LogP contribution in [0.2, 0.25) is 0 Å². The molecule has 0 saturated carbocycles. The first-order valence-corrected chi connectivity index (χ1v) is 8.11. The van der Waals surface area contributed by atoms with E-state index >= 15 is 0 Å². The number of aryl methyl sites for hydroxylation is 3. The number of hydrogen-bond acceptors (Lipinski definition) is 4. The smallest absolute Gasteiger partial charge is 0.311 e. The van der Waals surface area contributed by atoms with Crippen LogP contribution >= 0.6 is 0 Å². The van der Waals surface area contributed by atoms with E-state index < -0.39 is 17.6 Å². The summed E-state index contributed by atoms with van der Waals surface area (Å²) in [4.78, 5) is 16.0. The largest absolute Gasteiger partial charge is 0.441 e. The first-order chi connectivity index (χ1) is 12.5. The van der Waals surface area contributed by atoms with E-state index in [-0.39, 0.29) is 30.1 Å². The van der Waals surface area contributed by atoms with Gasteiger partial charge in [-0.15, -0.1) is 0 Å². The number of benzene rings is 2. The quantitative estimate of drug-likeness (QED) is 0.487. The summed E-state index contributed by atoms with van der Waals surface area (Å²) < 4.78 is 38.3. The van der Waals surface area contributed by atoms with Gasteiger partial charge in [0.15, 0.2) is 11.7 Å². The molecule has 0 amide bonds. The number of hydrogen-bond donors (Lipinski definition) is 0. The topological polar surface area (TPSA) is 52.3 Å². The Morgan fingerprint density at radius 3 is 2.35 bits per heavy atom. The normalized spacial score (nSPS) is 10.8. The highest BCUT2D eigenvalue weighted by Crippen LogP contribution is 2.27. The Morgan fingerprint density at radius 2 is 1.69 bits per heavy atom. The van der Waals surface area contributed by atoms with Gasteiger partial charge in [-0.2, -0.15) is 0 Å². The van der Waals surface area contributed by atoms with Crippen molar-refractivity contribution in [3.05, 3.63) is 71.2 Å². The molecule has 0 N–H and O–H groups in total. The van der Waals surface area contributed by atoms with Crippen LogP contribution in [0.15, 0.2) is 47.0 Å². The maximum Gasteiger partial charge on any atom is 0.311 e. The van der Waals surface area contributed by atoms with E-state index in [9.17, 15) is 13.6 Å². The SMILES string of the molecule is Cc1cccc(C)c1OC(=O)CCc1ncc(-c2c(F)cccc2F)o1. The molecule has 0 aliphatic heterocycles. The predicted molar refractivity (Wildman–Crippen MR) is 91.7 cm³/mol. The molecule has 0 spiro atoms. The summed E-state index contributed by atoms with van der Waals surface area (Å²) in [5.41, 5.74) is 1.46. The third-order valence-corrected chi connectivity index (χ3v) is 3.93. The van der Waals surface area contributed by atoms with Gasteiger partial charge in [-0.25, -0.2) is 13.8 Å². The Bertz CT molecular complexity index is 909. The molecule has 1 heterocycles. The molecule has 3 rings (SSSR count). The second kappa shape index (κ2) is 7.47. The highest BCUT2D eigenvalue weighted by Gasteiger charge is 2.17. The minimum Gasteiger partial charge on any atom is -0.441 e. The molecule has 3 aromatic rings. The van der Waals surface area contributed by atoms with Crippen LogP contribution in [0.3, 0.4) is 0 Å². The van der Waals surface area contributed by atoms with Crippen LogP contribution in [0.25, 0.3) is 11.3 Å². The number of ether oxygens (including phenoxy) is 1. The van der Waals surface area contributed by atoms with Crippen LogP contribution in [0, 0.1) is 25.5 Å². The van der Waals surface area contributed by atoms with E-state index in [4.69, 9.17) is 9.15 Å². The fourth-order valence-electron chi connectivity index (χ4n) is 2.61. The molecule has 4 nitrogen and oxygen atoms in total. The number of esters is 1. The molecular weight excluding hydrogens is 340 g/mol. The molecule has 0 aliphatic rings. The van der Waals surface area contributed by atoms with Gasteiger partial charge in [0.05, 0.1) is 18.2 Å². The molecule has 6 heteroatoms. The van der Waals surface area contributed by atoms with Crippen LogP contribution in [-0.4, -0.2) is 11.0 Å². The second-order valence-electron chi connectivity index (χ2n) is 5.91. The first kappa shape index (κ1) is 17.8. The Morgan fingerprint density at radius 1 is 1.08 bits per heavy atom. The van der Waals surface area contributed by atoms with Crippen molar-refractivity contribution in [1.82, 2.24) is 4.98 Å². The minimum atomic E-state index is -0.734. The number of oxazole rings is 1. The number of para-hydroxylation sites is 1. The lowest BCUT2D eigenvalue weighted by Crippen LogP contribution is -2.10. The Hall–Kier alpha value is -3.02. The zero-order chi connectivity index (χ0) is 18.7. The van der Waals surface area contributed by atoms with Gasteiger partial charge in [0.25, 0.3) is 0 Å². The molecule has 0 aliphatic carbocycles. The minimum absolute atomic E-state index is 0.0151. The van der Waals surface area contributed by atoms with Crippen molar-refractivity contribution in [1.29, 1.82) is 0 Å². The number of carbonyl (C=O) groups excluding carboxylic acids is 1. The monoisotopic (exact) mass is 357 g/mol. The molecule has 0 fully saturated rings. The van der Waals surface area contributed by atoms with Crippen LogP contribution in [-0.2, 0) is 11.2 Å². The van der Waals surface area contributed by atoms with Gasteiger partial charge >= 0.3 is 5.97 Å². The lowest BCUT2D eigenvalue weighted by molar-refractivity contribution is -0.134. The molecule has 26 heavy (non-hydrogen) atoms. The summed E-state index contributed by atoms with van der Waals surface area (Å²) in [5, 5.41) is 0. The van der Waals surface area contributed by atoms with Gasteiger partial charge in [-0.05, 0) is 37.1 Å². The van der Waals surface area contributed by atoms with Crippen LogP contribution in [0.1, 0.15) is 23.4 Å². The van der Waals surface area contributed by atoms with Crippen molar-refractivity contribution in [2.75, 3.05) is 0 Å². The molecule has 0 bridgehead atoms. The lowest BCUT2D eigenvalue weighted by Gasteiger charge is -2.09. The van der Waals surface area contributed by atoms with Gasteiger partial charge in [-0.3, -0.25) is 4.79 Å². The van der Waals surface area contributed by atoms with Gasteiger partial charge in [0, 0.05) is 6.42 Å². The average molecular weight is 357 g/mol. The zero-order valence-electron chi connectivity index (χ0n) is 14.4. The third-order valence-electron chi connectivity index (χ3n) is 3.93. The number of halogens is 2. The molecule has 1 aromatic heterocycles. The Kier molecular flexibility index (Phi) is 5.11. The lowest BCUT2D eigenvalue weighted by atomic mass is 10.1. The van der Waals surface area contributed by atoms with Crippen molar-refractivity contribution >= 4 is 5.97 Å². The fourth-order valence-corrected chi connectivity index (χ4v) is 2.61. The molecule has 2 aromatic carbocycles. The molecular formula is C20H17F2NO3. The van der Waals surface area contributed by atoms with Crippen molar-refractivity contribution in [3.63, 3.8) is 0 Å². The van der Waals surface area contributed by atoms with E-state index in [0.29, 0.717) is 5.75 Å². The summed E-state index contributed by atoms with van der Waals surface area (Å²) in [6, 6.07) is 9.16. The van der Waals surface area contributed by atoms with E-state index in [2.05, 4.69) is 4.98 Å². The standard InChI is InChI=1S/C20H17F2NO3/c1-12-5-3-6-13(2)20(12)26-18(24)10-9-17-23-11-16(25-17)19-14(21)7-4-8-15(19)22/h3-8,11H,9-10H2,1-2H3. The highest BCUT2D eigenvalue weighted by molar-refractivity contribution is 5.73. The first-order valence-electron chi connectivity index (χ1n) is 8.11. The highest BCUT2D eigenvalue weighted by atomic mass is 19.1. The van der Waals surface area contributed by atoms with Crippen molar-refractivity contribution in [3.8, 4) is 17.1 Å². The predicted octanol–water partition coefficient (Wildman–Crippen LogP) is 4.77. The molecule has 0 unspecified atom stereocenters. The van der Waals surface area contributed by atoms with Gasteiger partial charge in [-0.1, -0.05) is 24.3 Å². The summed E-state index contributed by atoms with van der Waals surface area (Å²) in [5.74, 6) is -1.16. The summed E-state index contributed by atoms with van der Waals surface area (Å²) in [7, 11) is 0. The van der Waals surface area contributed by atoms with Crippen LogP contribution in [0.4, 0.5) is 8.78 Å². The van der Waals surface area contributed by atoms with E-state index in [0.717, 1.165) is 23.3 Å². The zero-order valence-corrected chi connectivity index (χ0v) is 14.4. The fraction of sp³-hybridized carbons (Fsp3) is 0.200. The molecule has 134 valence electrons. The van der Waals surface area contributed by atoms with E-state index in [1.807, 2.05) is 32.0 Å². The van der Waals surface area contributed by atoms with Crippen molar-refractivity contribution in [2.45, 2.75) is 26.7 Å². The number of carbonyl (C=O) groups is 1. The van der Waals surface area contributed by atoms with Gasteiger partial charge in [0.1, 0.15) is 17.4 Å². The maximum atomic E-state index is 13.8. The van der Waals surface area contributed by atoms with E-state index in [1.54, 1.807) is 0 Å². The Balaban J connectivity index is 1.66. The van der Waals surface area contributed by atoms with E-state index in [1.165, 1.54) is 12.3 Å². The second-order valence-corrected chi connectivity index (χ2v) is 5.91. The summed E-state index contributed by atoms with van der Waals surface area (Å²) in [6.45, 7) is 3.72. The number of aromatic nitrogens is 1. The number of rotatable bonds is 5. The number of nitrogens with zero attached hydrogens (tertiary/aromatic N) is 1. The molecule has 0 atom stereocenters. The van der Waals surface area contributed by atoms with Crippen molar-refractivity contribution < 1.29 is 22.7 Å². The van der Waals surface area contributed by atoms with Gasteiger partial charge < -0.3 is 9.15 Å². The summed E-state index contributed by atoms with van der Waals surface area (Å²) >= 11 is 0. The molecule has 0 radical (unpaired) electrons. The van der Waals surface area contributed by atoms with Crippen LogP contribution < -0.4 is 4.74 Å². The third kappa shape index (κ3) is 3.79. The van der Waals surface area contributed by atoms with Crippen LogP contribution in [0.5, 0.6) is 5.75 Å². The summed E-state index contributed by atoms with van der Waals surface area (Å²) in [6.07, 6.45) is 1.45. The maximum absolute atomic E-state index is 13.8. The Labute approximate surface area is 149 Å². The average Bonchev–Trinajstić information content (AvgIpc) is 3.05.